The van der Waals surface area contributed by atoms with E-state index in [-0.39, 0.29) is 0 Å². The lowest BCUT2D eigenvalue weighted by molar-refractivity contribution is 0.1000. The normalized spacial score (nSPS) is 10.4. The standard InChI is InChI=1S/C16H12N2O2/c17-16(19)11-4-3-5-12(10-11)20-15-8-9-18-14-7-2-1-6-13(14)15/h1-10H,(H2,17,19). The quantitative estimate of drug-likeness (QED) is 0.790. The molecule has 4 heteroatoms. The summed E-state index contributed by atoms with van der Waals surface area (Å²) in [4.78, 5) is 15.4. The van der Waals surface area contributed by atoms with Crippen LogP contribution in [0.25, 0.3) is 10.9 Å². The van der Waals surface area contributed by atoms with E-state index in [1.807, 2.05) is 24.3 Å². The first-order chi connectivity index (χ1) is 9.74. The molecule has 0 atom stereocenters. The molecule has 0 fully saturated rings. The number of pyridine rings is 1. The number of carbonyl (C=O) groups excluding carboxylic acids is 1. The van der Waals surface area contributed by atoms with Crippen molar-refractivity contribution < 1.29 is 9.53 Å². The van der Waals surface area contributed by atoms with Crippen LogP contribution in [-0.2, 0) is 0 Å². The summed E-state index contributed by atoms with van der Waals surface area (Å²) < 4.78 is 5.83. The number of hydrogen-bond donors (Lipinski definition) is 1. The van der Waals surface area contributed by atoms with Crippen molar-refractivity contribution in [3.8, 4) is 11.5 Å². The van der Waals surface area contributed by atoms with Crippen molar-refractivity contribution >= 4 is 16.8 Å². The summed E-state index contributed by atoms with van der Waals surface area (Å²) >= 11 is 0. The lowest BCUT2D eigenvalue weighted by Gasteiger charge is -2.09. The van der Waals surface area contributed by atoms with Crippen molar-refractivity contribution in [3.05, 3.63) is 66.4 Å². The van der Waals surface area contributed by atoms with Crippen molar-refractivity contribution in [3.63, 3.8) is 0 Å². The van der Waals surface area contributed by atoms with Crippen molar-refractivity contribution in [1.29, 1.82) is 0 Å². The molecule has 0 aliphatic rings. The van der Waals surface area contributed by atoms with E-state index in [9.17, 15) is 4.79 Å². The van der Waals surface area contributed by atoms with Crippen LogP contribution in [0.3, 0.4) is 0 Å². The first kappa shape index (κ1) is 12.2. The molecule has 0 radical (unpaired) electrons. The second kappa shape index (κ2) is 5.01. The van der Waals surface area contributed by atoms with Crippen molar-refractivity contribution in [2.24, 2.45) is 5.73 Å². The van der Waals surface area contributed by atoms with E-state index in [0.29, 0.717) is 17.1 Å². The average Bonchev–Trinajstić information content (AvgIpc) is 2.48. The maximum atomic E-state index is 11.2. The number of ether oxygens (including phenoxy) is 1. The molecule has 1 heterocycles. The number of benzene rings is 2. The van der Waals surface area contributed by atoms with Gasteiger partial charge in [0.05, 0.1) is 5.52 Å². The van der Waals surface area contributed by atoms with Crippen LogP contribution >= 0.6 is 0 Å². The van der Waals surface area contributed by atoms with Gasteiger partial charge < -0.3 is 10.5 Å². The molecule has 2 aromatic carbocycles. The van der Waals surface area contributed by atoms with Gasteiger partial charge in [0, 0.05) is 17.1 Å². The maximum Gasteiger partial charge on any atom is 0.248 e. The van der Waals surface area contributed by atoms with Crippen LogP contribution in [0, 0.1) is 0 Å². The number of amides is 1. The molecule has 1 amide bonds. The minimum absolute atomic E-state index is 0.417. The molecule has 20 heavy (non-hydrogen) atoms. The molecular weight excluding hydrogens is 252 g/mol. The fraction of sp³-hybridized carbons (Fsp3) is 0. The fourth-order valence-electron chi connectivity index (χ4n) is 2.00. The van der Waals surface area contributed by atoms with E-state index in [1.165, 1.54) is 0 Å². The van der Waals surface area contributed by atoms with Crippen LogP contribution in [-0.4, -0.2) is 10.9 Å². The highest BCUT2D eigenvalue weighted by atomic mass is 16.5. The number of hydrogen-bond acceptors (Lipinski definition) is 3. The molecule has 98 valence electrons. The van der Waals surface area contributed by atoms with E-state index in [2.05, 4.69) is 4.98 Å². The van der Waals surface area contributed by atoms with Crippen LogP contribution in [0.1, 0.15) is 10.4 Å². The third-order valence-electron chi connectivity index (χ3n) is 2.96. The van der Waals surface area contributed by atoms with E-state index in [1.54, 1.807) is 36.5 Å². The summed E-state index contributed by atoms with van der Waals surface area (Å²) in [5, 5.41) is 0.916. The topological polar surface area (TPSA) is 65.2 Å². The first-order valence-corrected chi connectivity index (χ1v) is 6.15. The molecule has 2 N–H and O–H groups in total. The van der Waals surface area contributed by atoms with Crippen molar-refractivity contribution in [2.75, 3.05) is 0 Å². The molecule has 0 aliphatic heterocycles. The molecule has 0 unspecified atom stereocenters. The lowest BCUT2D eigenvalue weighted by atomic mass is 10.2. The number of fused-ring (bicyclic) bond motifs is 1. The summed E-state index contributed by atoms with van der Waals surface area (Å²) in [6.07, 6.45) is 1.69. The van der Waals surface area contributed by atoms with E-state index < -0.39 is 5.91 Å². The van der Waals surface area contributed by atoms with Gasteiger partial charge in [0.25, 0.3) is 0 Å². The molecule has 0 aliphatic carbocycles. The average molecular weight is 264 g/mol. The minimum Gasteiger partial charge on any atom is -0.457 e. The second-order valence-corrected chi connectivity index (χ2v) is 4.32. The van der Waals surface area contributed by atoms with Crippen LogP contribution < -0.4 is 10.5 Å². The van der Waals surface area contributed by atoms with Gasteiger partial charge in [-0.1, -0.05) is 18.2 Å². The van der Waals surface area contributed by atoms with Gasteiger partial charge in [-0.15, -0.1) is 0 Å². The van der Waals surface area contributed by atoms with Crippen LogP contribution in [0.4, 0.5) is 0 Å². The Bertz CT molecular complexity index is 779. The van der Waals surface area contributed by atoms with Gasteiger partial charge in [0.2, 0.25) is 5.91 Å². The number of aromatic nitrogens is 1. The third-order valence-corrected chi connectivity index (χ3v) is 2.96. The van der Waals surface area contributed by atoms with Crippen LogP contribution in [0.2, 0.25) is 0 Å². The van der Waals surface area contributed by atoms with Crippen LogP contribution in [0.5, 0.6) is 11.5 Å². The summed E-state index contributed by atoms with van der Waals surface area (Å²) in [6.45, 7) is 0. The second-order valence-electron chi connectivity index (χ2n) is 4.32. The van der Waals surface area contributed by atoms with Gasteiger partial charge in [-0.2, -0.15) is 0 Å². The lowest BCUT2D eigenvalue weighted by Crippen LogP contribution is -2.10. The fourth-order valence-corrected chi connectivity index (χ4v) is 2.00. The maximum absolute atomic E-state index is 11.2. The Morgan fingerprint density at radius 1 is 1.05 bits per heavy atom. The number of nitrogens with zero attached hydrogens (tertiary/aromatic N) is 1. The molecular formula is C16H12N2O2. The Morgan fingerprint density at radius 3 is 2.75 bits per heavy atom. The number of para-hydroxylation sites is 1. The molecule has 0 bridgehead atoms. The summed E-state index contributed by atoms with van der Waals surface area (Å²) in [5.74, 6) is 0.782. The zero-order chi connectivity index (χ0) is 13.9. The Balaban J connectivity index is 2.01. The molecule has 0 spiro atoms. The molecule has 3 aromatic rings. The highest BCUT2D eigenvalue weighted by Gasteiger charge is 2.06. The summed E-state index contributed by atoms with van der Waals surface area (Å²) in [5.41, 5.74) is 6.54. The van der Waals surface area contributed by atoms with Crippen molar-refractivity contribution in [1.82, 2.24) is 4.98 Å². The number of nitrogens with two attached hydrogens (primary N) is 1. The Hall–Kier alpha value is -2.88. The number of rotatable bonds is 3. The summed E-state index contributed by atoms with van der Waals surface area (Å²) in [6, 6.07) is 16.3. The zero-order valence-corrected chi connectivity index (χ0v) is 10.6. The Labute approximate surface area is 115 Å². The third kappa shape index (κ3) is 2.31. The Morgan fingerprint density at radius 2 is 1.90 bits per heavy atom. The predicted molar refractivity (Wildman–Crippen MR) is 76.8 cm³/mol. The largest absolute Gasteiger partial charge is 0.457 e. The van der Waals surface area contributed by atoms with Crippen LogP contribution in [0.15, 0.2) is 60.8 Å². The van der Waals surface area contributed by atoms with Gasteiger partial charge in [-0.05, 0) is 36.4 Å². The van der Waals surface area contributed by atoms with Gasteiger partial charge in [0.15, 0.2) is 0 Å². The van der Waals surface area contributed by atoms with E-state index in [4.69, 9.17) is 10.5 Å². The first-order valence-electron chi connectivity index (χ1n) is 6.15. The van der Waals surface area contributed by atoms with Gasteiger partial charge >= 0.3 is 0 Å². The number of carbonyl (C=O) groups is 1. The van der Waals surface area contributed by atoms with Crippen molar-refractivity contribution in [2.45, 2.75) is 0 Å². The van der Waals surface area contributed by atoms with Gasteiger partial charge in [0.1, 0.15) is 11.5 Å². The minimum atomic E-state index is -0.477. The molecule has 3 rings (SSSR count). The SMILES string of the molecule is NC(=O)c1cccc(Oc2ccnc3ccccc23)c1. The molecule has 1 aromatic heterocycles. The highest BCUT2D eigenvalue weighted by Crippen LogP contribution is 2.28. The molecule has 4 nitrogen and oxygen atoms in total. The highest BCUT2D eigenvalue weighted by molar-refractivity contribution is 5.93. The smallest absolute Gasteiger partial charge is 0.248 e. The number of primary amides is 1. The van der Waals surface area contributed by atoms with E-state index in [0.717, 1.165) is 10.9 Å². The van der Waals surface area contributed by atoms with E-state index >= 15 is 0 Å². The predicted octanol–water partition coefficient (Wildman–Crippen LogP) is 3.13. The van der Waals surface area contributed by atoms with Gasteiger partial charge in [-0.25, -0.2) is 0 Å². The molecule has 0 saturated heterocycles. The zero-order valence-electron chi connectivity index (χ0n) is 10.6. The summed E-state index contributed by atoms with van der Waals surface area (Å²) in [7, 11) is 0. The van der Waals surface area contributed by atoms with Gasteiger partial charge in [-0.3, -0.25) is 9.78 Å². The monoisotopic (exact) mass is 264 g/mol. The molecule has 0 saturated carbocycles. The Kier molecular flexibility index (Phi) is 3.05.